The molecule has 274 valence electrons. The van der Waals surface area contributed by atoms with Crippen molar-refractivity contribution in [2.24, 2.45) is 15.2 Å². The maximum Gasteiger partial charge on any atom is 0.119 e. The van der Waals surface area contributed by atoms with E-state index in [1.807, 2.05) is 97.9 Å². The van der Waals surface area contributed by atoms with Crippen molar-refractivity contribution in [3.05, 3.63) is 131 Å². The second kappa shape index (κ2) is 24.7. The smallest absolute Gasteiger partial charge is 0.119 e. The third-order valence-electron chi connectivity index (χ3n) is 8.11. The molecule has 0 aliphatic rings. The zero-order valence-electron chi connectivity index (χ0n) is 32.9. The molecule has 0 bridgehead atoms. The Morgan fingerprint density at radius 1 is 0.538 bits per heavy atom. The quantitative estimate of drug-likeness (QED) is 0.0828. The van der Waals surface area contributed by atoms with Gasteiger partial charge in [0.15, 0.2) is 0 Å². The van der Waals surface area contributed by atoms with Gasteiger partial charge in [0.05, 0.1) is 31.3 Å². The fourth-order valence-corrected chi connectivity index (χ4v) is 5.56. The van der Waals surface area contributed by atoms with E-state index in [0.29, 0.717) is 0 Å². The van der Waals surface area contributed by atoms with Crippen LogP contribution >= 0.6 is 0 Å². The van der Waals surface area contributed by atoms with Gasteiger partial charge in [-0.15, -0.1) is 11.8 Å². The van der Waals surface area contributed by atoms with E-state index in [0.717, 1.165) is 67.1 Å². The largest absolute Gasteiger partial charge is 0.497 e. The minimum atomic E-state index is 0.811. The van der Waals surface area contributed by atoms with Crippen molar-refractivity contribution < 1.29 is 9.47 Å². The fraction of sp³-hybridized carbons (Fsp3) is 0.326. The first-order chi connectivity index (χ1) is 25.3. The molecule has 0 saturated heterocycles. The summed E-state index contributed by atoms with van der Waals surface area (Å²) in [5.41, 5.74) is 11.1. The van der Waals surface area contributed by atoms with Gasteiger partial charge in [0.2, 0.25) is 0 Å². The molecule has 1 heterocycles. The molecule has 0 unspecified atom stereocenters. The Bertz CT molecular complexity index is 1770. The number of ether oxygens (including phenoxy) is 2. The summed E-state index contributed by atoms with van der Waals surface area (Å²) >= 11 is 0. The molecule has 0 atom stereocenters. The van der Waals surface area contributed by atoms with Crippen molar-refractivity contribution in [2.75, 3.05) is 14.2 Å². The average molecular weight is 699 g/mol. The number of aromatic nitrogens is 1. The van der Waals surface area contributed by atoms with E-state index in [9.17, 15) is 0 Å². The van der Waals surface area contributed by atoms with Gasteiger partial charge in [-0.2, -0.15) is 10.2 Å². The highest BCUT2D eigenvalue weighted by Crippen LogP contribution is 2.30. The van der Waals surface area contributed by atoms with Crippen molar-refractivity contribution in [3.8, 4) is 29.0 Å². The average Bonchev–Trinajstić information content (AvgIpc) is 3.53. The second-order valence-corrected chi connectivity index (χ2v) is 11.6. The van der Waals surface area contributed by atoms with Crippen molar-refractivity contribution in [3.63, 3.8) is 0 Å². The van der Waals surface area contributed by atoms with Gasteiger partial charge >= 0.3 is 0 Å². The molecule has 0 saturated carbocycles. The number of benzene rings is 4. The van der Waals surface area contributed by atoms with Crippen LogP contribution in [0.15, 0.2) is 118 Å². The van der Waals surface area contributed by atoms with Crippen molar-refractivity contribution in [1.29, 1.82) is 0 Å². The highest BCUT2D eigenvalue weighted by molar-refractivity contribution is 5.49. The Hall–Kier alpha value is -5.41. The predicted molar refractivity (Wildman–Crippen MR) is 222 cm³/mol. The predicted octanol–water partition coefficient (Wildman–Crippen LogP) is 13.0. The normalized spacial score (nSPS) is 9.94. The van der Waals surface area contributed by atoms with Crippen LogP contribution in [-0.2, 0) is 25.7 Å². The molecule has 0 aliphatic heterocycles. The van der Waals surface area contributed by atoms with Gasteiger partial charge in [0, 0.05) is 29.9 Å². The molecule has 5 rings (SSSR count). The van der Waals surface area contributed by atoms with Crippen LogP contribution in [0.5, 0.6) is 11.5 Å². The summed E-state index contributed by atoms with van der Waals surface area (Å²) in [6.45, 7) is 18.6. The standard InChI is InChI=1S/C19H27NO.C14H14N2O.C7H7N.C6H10/c1-6-16-17(7-2)19(9-4)20(18(16)8-3)14-10-12-15(21-5)13-11-14;1-11-3-5-12(6-4-11)15-16-13-7-9-14(17-2)10-8-13;1-8-7-5-3-2-4-6-7;1-3-5-6-4-2/h10-13H,6-9H2,1-5H3;3-10H,1-2H3;2-6H,1H2;3-4H2,1-2H3. The zero-order chi connectivity index (χ0) is 38.1. The Kier molecular flexibility index (Phi) is 20.3. The molecule has 0 spiro atoms. The number of methoxy groups -OCH3 is 2. The minimum Gasteiger partial charge on any atom is -0.497 e. The topological polar surface area (TPSA) is 60.5 Å². The van der Waals surface area contributed by atoms with Crippen LogP contribution in [0.2, 0.25) is 0 Å². The minimum absolute atomic E-state index is 0.811. The Morgan fingerprint density at radius 2 is 0.962 bits per heavy atom. The highest BCUT2D eigenvalue weighted by Gasteiger charge is 2.19. The number of aliphatic imine (C=N–C) groups is 1. The monoisotopic (exact) mass is 698 g/mol. The lowest BCUT2D eigenvalue weighted by atomic mass is 10.0. The summed E-state index contributed by atoms with van der Waals surface area (Å²) in [5.74, 6) is 7.63. The highest BCUT2D eigenvalue weighted by atomic mass is 16.5. The zero-order valence-corrected chi connectivity index (χ0v) is 32.9. The molecule has 5 aromatic rings. The summed E-state index contributed by atoms with van der Waals surface area (Å²) in [4.78, 5) is 3.72. The first-order valence-corrected chi connectivity index (χ1v) is 18.3. The van der Waals surface area contributed by atoms with Crippen LogP contribution in [0.1, 0.15) is 82.5 Å². The lowest BCUT2D eigenvalue weighted by Crippen LogP contribution is -2.04. The first kappa shape index (κ1) is 42.8. The molecule has 6 nitrogen and oxygen atoms in total. The Balaban J connectivity index is 0.000000268. The van der Waals surface area contributed by atoms with Gasteiger partial charge < -0.3 is 14.0 Å². The Labute approximate surface area is 313 Å². The maximum atomic E-state index is 5.28. The number of aryl methyl sites for hydroxylation is 1. The number of para-hydroxylation sites is 1. The lowest BCUT2D eigenvalue weighted by Gasteiger charge is -2.13. The molecule has 0 amide bonds. The van der Waals surface area contributed by atoms with Crippen molar-refractivity contribution in [2.45, 2.75) is 87.0 Å². The van der Waals surface area contributed by atoms with E-state index < -0.39 is 0 Å². The number of rotatable bonds is 10. The molecular weight excluding hydrogens is 641 g/mol. The summed E-state index contributed by atoms with van der Waals surface area (Å²) < 4.78 is 12.8. The fourth-order valence-electron chi connectivity index (χ4n) is 5.56. The lowest BCUT2D eigenvalue weighted by molar-refractivity contribution is 0.414. The number of azo groups is 1. The van der Waals surface area contributed by atoms with E-state index in [4.69, 9.17) is 9.47 Å². The second-order valence-electron chi connectivity index (χ2n) is 11.6. The first-order valence-electron chi connectivity index (χ1n) is 18.3. The molecule has 0 N–H and O–H groups in total. The SMILES string of the molecule is C=Nc1ccccc1.CCC#CCC.CCc1c(CC)c(CC)n(-c2ccc(OC)cc2)c1CC.COc1ccc(N=Nc2ccc(C)cc2)cc1. The molecule has 6 heteroatoms. The van der Waals surface area contributed by atoms with Crippen LogP contribution in [0.3, 0.4) is 0 Å². The summed E-state index contributed by atoms with van der Waals surface area (Å²) in [5, 5.41) is 8.31. The van der Waals surface area contributed by atoms with Crippen LogP contribution in [0, 0.1) is 18.8 Å². The van der Waals surface area contributed by atoms with Crippen LogP contribution in [-0.4, -0.2) is 25.5 Å². The van der Waals surface area contributed by atoms with Gasteiger partial charge in [0.25, 0.3) is 0 Å². The molecule has 0 fully saturated rings. The number of nitrogens with zero attached hydrogens (tertiary/aromatic N) is 4. The summed E-state index contributed by atoms with van der Waals surface area (Å²) in [6, 6.07) is 33.5. The maximum absolute atomic E-state index is 5.28. The van der Waals surface area contributed by atoms with E-state index >= 15 is 0 Å². The third kappa shape index (κ3) is 13.7. The molecule has 0 aliphatic carbocycles. The summed E-state index contributed by atoms with van der Waals surface area (Å²) in [6.07, 6.45) is 6.36. The van der Waals surface area contributed by atoms with Gasteiger partial charge in [-0.1, -0.05) is 77.4 Å². The van der Waals surface area contributed by atoms with E-state index in [2.05, 4.69) is 92.0 Å². The third-order valence-corrected chi connectivity index (χ3v) is 8.11. The van der Waals surface area contributed by atoms with E-state index in [1.165, 1.54) is 22.6 Å². The van der Waals surface area contributed by atoms with Gasteiger partial charge in [-0.3, -0.25) is 4.99 Å². The number of hydrogen-bond acceptors (Lipinski definition) is 5. The van der Waals surface area contributed by atoms with E-state index in [-0.39, 0.29) is 0 Å². The summed E-state index contributed by atoms with van der Waals surface area (Å²) in [7, 11) is 3.35. The van der Waals surface area contributed by atoms with Gasteiger partial charge in [-0.25, -0.2) is 0 Å². The van der Waals surface area contributed by atoms with Crippen molar-refractivity contribution >= 4 is 23.8 Å². The van der Waals surface area contributed by atoms with Crippen molar-refractivity contribution in [1.82, 2.24) is 4.57 Å². The van der Waals surface area contributed by atoms with Gasteiger partial charge in [-0.05, 0) is 123 Å². The molecule has 4 aromatic carbocycles. The van der Waals surface area contributed by atoms with E-state index in [1.54, 1.807) is 25.3 Å². The van der Waals surface area contributed by atoms with Crippen LogP contribution in [0.4, 0.5) is 17.1 Å². The number of hydrogen-bond donors (Lipinski definition) is 0. The molecule has 1 aromatic heterocycles. The van der Waals surface area contributed by atoms with Gasteiger partial charge in [0.1, 0.15) is 11.5 Å². The Morgan fingerprint density at radius 3 is 1.31 bits per heavy atom. The molecule has 0 radical (unpaired) electrons. The van der Waals surface area contributed by atoms with Crippen LogP contribution < -0.4 is 9.47 Å². The van der Waals surface area contributed by atoms with Crippen LogP contribution in [0.25, 0.3) is 5.69 Å². The molecule has 52 heavy (non-hydrogen) atoms. The molecular formula is C46H58N4O2.